The molecule has 0 bridgehead atoms. The normalized spacial score (nSPS) is 10.4. The number of nitrogens with one attached hydrogen (secondary N) is 1. The number of furan rings is 1. The number of nitro groups is 1. The molecule has 27 heavy (non-hydrogen) atoms. The monoisotopic (exact) mass is 370 g/mol. The van der Waals surface area contributed by atoms with Gasteiger partial charge in [0.15, 0.2) is 5.76 Å². The zero-order valence-corrected chi connectivity index (χ0v) is 14.3. The first-order valence-electron chi connectivity index (χ1n) is 7.96. The van der Waals surface area contributed by atoms with E-state index in [2.05, 4.69) is 5.32 Å². The van der Waals surface area contributed by atoms with Gasteiger partial charge < -0.3 is 14.5 Å². The molecule has 2 aromatic carbocycles. The van der Waals surface area contributed by atoms with Crippen LogP contribution in [0.2, 0.25) is 0 Å². The van der Waals surface area contributed by atoms with Crippen molar-refractivity contribution in [3.63, 3.8) is 0 Å². The number of carbonyl (C=O) groups excluding carboxylic acids is 1. The average Bonchev–Trinajstić information content (AvgIpc) is 3.12. The van der Waals surface area contributed by atoms with Crippen LogP contribution in [0, 0.1) is 22.9 Å². The summed E-state index contributed by atoms with van der Waals surface area (Å²) in [5.41, 5.74) is 0.888. The zero-order chi connectivity index (χ0) is 19.4. The highest BCUT2D eigenvalue weighted by atomic mass is 19.1. The predicted octanol–water partition coefficient (Wildman–Crippen LogP) is 4.47. The molecule has 0 radical (unpaired) electrons. The van der Waals surface area contributed by atoms with Crippen LogP contribution < -0.4 is 10.1 Å². The van der Waals surface area contributed by atoms with Gasteiger partial charge in [-0.1, -0.05) is 6.07 Å². The number of hydrogen-bond acceptors (Lipinski definition) is 5. The molecule has 0 spiro atoms. The Hall–Kier alpha value is -3.68. The van der Waals surface area contributed by atoms with Gasteiger partial charge in [-0.05, 0) is 48.9 Å². The van der Waals surface area contributed by atoms with Crippen LogP contribution in [0.25, 0.3) is 0 Å². The number of hydrogen-bond donors (Lipinski definition) is 1. The van der Waals surface area contributed by atoms with Crippen LogP contribution in [0.4, 0.5) is 15.8 Å². The number of ether oxygens (including phenoxy) is 1. The van der Waals surface area contributed by atoms with Crippen molar-refractivity contribution >= 4 is 17.3 Å². The average molecular weight is 370 g/mol. The van der Waals surface area contributed by atoms with Crippen LogP contribution in [-0.2, 0) is 6.61 Å². The number of rotatable bonds is 6. The summed E-state index contributed by atoms with van der Waals surface area (Å²) in [4.78, 5) is 22.7. The third-order valence-corrected chi connectivity index (χ3v) is 3.76. The first-order valence-corrected chi connectivity index (χ1v) is 7.96. The Morgan fingerprint density at radius 3 is 2.63 bits per heavy atom. The lowest BCUT2D eigenvalue weighted by Gasteiger charge is -2.07. The number of anilines is 1. The molecule has 3 aromatic rings. The molecule has 1 heterocycles. The third kappa shape index (κ3) is 4.49. The molecule has 0 fully saturated rings. The van der Waals surface area contributed by atoms with E-state index in [9.17, 15) is 19.3 Å². The van der Waals surface area contributed by atoms with Crippen molar-refractivity contribution in [3.8, 4) is 5.75 Å². The van der Waals surface area contributed by atoms with Gasteiger partial charge in [-0.2, -0.15) is 0 Å². The summed E-state index contributed by atoms with van der Waals surface area (Å²) < 4.78 is 23.8. The van der Waals surface area contributed by atoms with Crippen LogP contribution >= 0.6 is 0 Å². The maximum Gasteiger partial charge on any atom is 0.291 e. The smallest absolute Gasteiger partial charge is 0.291 e. The van der Waals surface area contributed by atoms with Crippen molar-refractivity contribution < 1.29 is 23.3 Å². The fourth-order valence-corrected chi connectivity index (χ4v) is 2.30. The Morgan fingerprint density at radius 2 is 1.93 bits per heavy atom. The molecule has 0 aliphatic heterocycles. The molecule has 1 amide bonds. The fraction of sp³-hybridized carbons (Fsp3) is 0.105. The van der Waals surface area contributed by atoms with Crippen LogP contribution in [0.15, 0.2) is 59.0 Å². The maximum absolute atomic E-state index is 12.9. The number of carbonyl (C=O) groups is 1. The van der Waals surface area contributed by atoms with E-state index >= 15 is 0 Å². The van der Waals surface area contributed by atoms with E-state index in [1.165, 1.54) is 42.5 Å². The molecule has 1 N–H and O–H groups in total. The molecular weight excluding hydrogens is 355 g/mol. The van der Waals surface area contributed by atoms with E-state index < -0.39 is 10.8 Å². The topological polar surface area (TPSA) is 94.6 Å². The summed E-state index contributed by atoms with van der Waals surface area (Å²) in [5.74, 6) is 0.00671. The molecule has 0 saturated carbocycles. The second-order valence-corrected chi connectivity index (χ2v) is 5.72. The number of nitrogens with zero attached hydrogens (tertiary/aromatic N) is 1. The highest BCUT2D eigenvalue weighted by molar-refractivity contribution is 6.02. The largest absolute Gasteiger partial charge is 0.486 e. The van der Waals surface area contributed by atoms with Crippen molar-refractivity contribution in [2.45, 2.75) is 13.5 Å². The molecule has 0 unspecified atom stereocenters. The Labute approximate surface area is 153 Å². The lowest BCUT2D eigenvalue weighted by molar-refractivity contribution is -0.384. The number of nitro benzene ring substituents is 1. The lowest BCUT2D eigenvalue weighted by atomic mass is 10.2. The molecule has 1 aromatic heterocycles. The summed E-state index contributed by atoms with van der Waals surface area (Å²) in [6.07, 6.45) is 0. The summed E-state index contributed by atoms with van der Waals surface area (Å²) in [6.45, 7) is 1.79. The number of non-ortho nitro benzene ring substituents is 1. The van der Waals surface area contributed by atoms with E-state index in [0.29, 0.717) is 22.8 Å². The third-order valence-electron chi connectivity index (χ3n) is 3.76. The quantitative estimate of drug-likeness (QED) is 0.510. The van der Waals surface area contributed by atoms with Crippen LogP contribution in [-0.4, -0.2) is 10.8 Å². The van der Waals surface area contributed by atoms with E-state index in [1.54, 1.807) is 19.1 Å². The first kappa shape index (κ1) is 18.1. The minimum absolute atomic E-state index is 0.0404. The fourth-order valence-electron chi connectivity index (χ4n) is 2.30. The summed E-state index contributed by atoms with van der Waals surface area (Å²) >= 11 is 0. The molecule has 138 valence electrons. The van der Waals surface area contributed by atoms with Gasteiger partial charge in [0.2, 0.25) is 0 Å². The molecule has 8 heteroatoms. The van der Waals surface area contributed by atoms with Crippen molar-refractivity contribution in [1.29, 1.82) is 0 Å². The molecular formula is C19H15FN2O5. The standard InChI is InChI=1S/C19H15FN2O5/c1-12-2-5-14(22(24)25)10-17(12)21-19(23)18-9-8-16(27-18)11-26-15-6-3-13(20)4-7-15/h2-10H,11H2,1H3,(H,21,23). The van der Waals surface area contributed by atoms with Crippen molar-refractivity contribution in [2.24, 2.45) is 0 Å². The van der Waals surface area contributed by atoms with Gasteiger partial charge in [-0.25, -0.2) is 4.39 Å². The first-order chi connectivity index (χ1) is 12.9. The van der Waals surface area contributed by atoms with E-state index in [4.69, 9.17) is 9.15 Å². The number of aryl methyl sites for hydroxylation is 1. The number of amides is 1. The van der Waals surface area contributed by atoms with Gasteiger partial charge in [-0.15, -0.1) is 0 Å². The Bertz CT molecular complexity index is 982. The molecule has 3 rings (SSSR count). The van der Waals surface area contributed by atoms with Crippen molar-refractivity contribution in [2.75, 3.05) is 5.32 Å². The molecule has 0 aliphatic carbocycles. The van der Waals surface area contributed by atoms with E-state index in [1.807, 2.05) is 0 Å². The van der Waals surface area contributed by atoms with Crippen LogP contribution in [0.1, 0.15) is 21.9 Å². The van der Waals surface area contributed by atoms with Gasteiger partial charge in [0.05, 0.1) is 10.6 Å². The zero-order valence-electron chi connectivity index (χ0n) is 14.3. The van der Waals surface area contributed by atoms with E-state index in [-0.39, 0.29) is 23.9 Å². The SMILES string of the molecule is Cc1ccc([N+](=O)[O-])cc1NC(=O)c1ccc(COc2ccc(F)cc2)o1. The molecule has 0 aliphatic rings. The van der Waals surface area contributed by atoms with Gasteiger partial charge in [0.25, 0.3) is 11.6 Å². The van der Waals surface area contributed by atoms with Gasteiger partial charge in [0, 0.05) is 12.1 Å². The predicted molar refractivity (Wildman–Crippen MR) is 95.2 cm³/mol. The van der Waals surface area contributed by atoms with Crippen molar-refractivity contribution in [1.82, 2.24) is 0 Å². The van der Waals surface area contributed by atoms with E-state index in [0.717, 1.165) is 0 Å². The Balaban J connectivity index is 1.65. The van der Waals surface area contributed by atoms with Gasteiger partial charge in [0.1, 0.15) is 23.9 Å². The lowest BCUT2D eigenvalue weighted by Crippen LogP contribution is -2.12. The second kappa shape index (κ2) is 7.69. The maximum atomic E-state index is 12.9. The summed E-state index contributed by atoms with van der Waals surface area (Å²) in [7, 11) is 0. The molecule has 7 nitrogen and oxygen atoms in total. The summed E-state index contributed by atoms with van der Waals surface area (Å²) in [6, 6.07) is 12.8. The van der Waals surface area contributed by atoms with Gasteiger partial charge >= 0.3 is 0 Å². The minimum atomic E-state index is -0.536. The Kier molecular flexibility index (Phi) is 5.16. The number of benzene rings is 2. The van der Waals surface area contributed by atoms with Gasteiger partial charge in [-0.3, -0.25) is 14.9 Å². The highest BCUT2D eigenvalue weighted by Crippen LogP contribution is 2.23. The Morgan fingerprint density at radius 1 is 1.19 bits per heavy atom. The van der Waals surface area contributed by atoms with Crippen molar-refractivity contribution in [3.05, 3.63) is 87.6 Å². The number of halogens is 1. The van der Waals surface area contributed by atoms with Crippen LogP contribution in [0.5, 0.6) is 5.75 Å². The molecule has 0 atom stereocenters. The summed E-state index contributed by atoms with van der Waals surface area (Å²) in [5, 5.41) is 13.5. The minimum Gasteiger partial charge on any atom is -0.486 e. The van der Waals surface area contributed by atoms with Crippen LogP contribution in [0.3, 0.4) is 0 Å². The molecule has 0 saturated heterocycles. The highest BCUT2D eigenvalue weighted by Gasteiger charge is 2.15. The second-order valence-electron chi connectivity index (χ2n) is 5.72.